The van der Waals surface area contributed by atoms with Crippen LogP contribution in [0.2, 0.25) is 0 Å². The van der Waals surface area contributed by atoms with Crippen molar-refractivity contribution in [3.63, 3.8) is 0 Å². The van der Waals surface area contributed by atoms with Crippen LogP contribution in [0.3, 0.4) is 0 Å². The van der Waals surface area contributed by atoms with E-state index in [-0.39, 0.29) is 0 Å². The number of aromatic amines is 1. The molecule has 1 fully saturated rings. The fourth-order valence-corrected chi connectivity index (χ4v) is 3.35. The van der Waals surface area contributed by atoms with Crippen molar-refractivity contribution < 1.29 is 0 Å². The number of H-pyrrole nitrogens is 1. The molecule has 0 spiro atoms. The average molecular weight is 446 g/mol. The Hall–Kier alpha value is -2.00. The lowest BCUT2D eigenvalue weighted by Gasteiger charge is -2.34. The predicted octanol–water partition coefficient (Wildman–Crippen LogP) is 2.79. The first kappa shape index (κ1) is 16.5. The molecule has 0 amide bonds. The second-order valence-corrected chi connectivity index (χ2v) is 7.32. The van der Waals surface area contributed by atoms with Crippen LogP contribution in [0.1, 0.15) is 5.69 Å². The Bertz CT molecular complexity index is 809. The Morgan fingerprint density at radius 2 is 1.68 bits per heavy atom. The fourth-order valence-electron chi connectivity index (χ4n) is 3.00. The lowest BCUT2D eigenvalue weighted by atomic mass is 10.2. The first-order valence-corrected chi connectivity index (χ1v) is 9.40. The Morgan fingerprint density at radius 3 is 2.40 bits per heavy atom. The molecular weight excluding hydrogens is 427 g/mol. The molecule has 0 radical (unpaired) electrons. The molecule has 0 unspecified atom stereocenters. The van der Waals surface area contributed by atoms with Crippen LogP contribution in [0.15, 0.2) is 48.9 Å². The van der Waals surface area contributed by atoms with Gasteiger partial charge in [-0.3, -0.25) is 4.90 Å². The van der Waals surface area contributed by atoms with Gasteiger partial charge in [-0.05, 0) is 40.8 Å². The standard InChI is InChI=1S/C18H19IN6/c19-15-4-2-14(3-5-15)17-22-12-16(23-17)13-24-8-10-25(11-9-24)18-20-6-1-7-21-18/h1-7,12H,8-11,13H2,(H,22,23). The molecule has 1 aliphatic heterocycles. The molecule has 3 heterocycles. The lowest BCUT2D eigenvalue weighted by Crippen LogP contribution is -2.46. The fraction of sp³-hybridized carbons (Fsp3) is 0.278. The molecule has 0 bridgehead atoms. The van der Waals surface area contributed by atoms with Gasteiger partial charge in [-0.15, -0.1) is 0 Å². The molecule has 6 nitrogen and oxygen atoms in total. The number of hydrogen-bond acceptors (Lipinski definition) is 5. The van der Waals surface area contributed by atoms with Crippen LogP contribution < -0.4 is 4.90 Å². The highest BCUT2D eigenvalue weighted by atomic mass is 127. The minimum Gasteiger partial charge on any atom is -0.341 e. The van der Waals surface area contributed by atoms with Crippen LogP contribution in [0.5, 0.6) is 0 Å². The third kappa shape index (κ3) is 3.98. The molecule has 4 rings (SSSR count). The number of benzene rings is 1. The SMILES string of the molecule is Ic1ccc(-c2ncc(CN3CCN(c4ncccn4)CC3)[nH]2)cc1. The molecule has 0 atom stereocenters. The van der Waals surface area contributed by atoms with Crippen molar-refractivity contribution in [1.82, 2.24) is 24.8 Å². The second kappa shape index (κ2) is 7.49. The van der Waals surface area contributed by atoms with E-state index < -0.39 is 0 Å². The van der Waals surface area contributed by atoms with E-state index in [0.717, 1.165) is 55.8 Å². The zero-order valence-electron chi connectivity index (χ0n) is 13.8. The molecule has 0 saturated carbocycles. The van der Waals surface area contributed by atoms with Crippen molar-refractivity contribution in [3.8, 4) is 11.4 Å². The number of anilines is 1. The largest absolute Gasteiger partial charge is 0.341 e. The summed E-state index contributed by atoms with van der Waals surface area (Å²) < 4.78 is 1.23. The summed E-state index contributed by atoms with van der Waals surface area (Å²) in [5, 5.41) is 0. The van der Waals surface area contributed by atoms with E-state index in [9.17, 15) is 0 Å². The summed E-state index contributed by atoms with van der Waals surface area (Å²) in [6.45, 7) is 4.78. The number of hydrogen-bond donors (Lipinski definition) is 1. The van der Waals surface area contributed by atoms with Crippen LogP contribution in [-0.4, -0.2) is 51.0 Å². The zero-order valence-corrected chi connectivity index (χ0v) is 15.9. The molecule has 1 aromatic carbocycles. The summed E-state index contributed by atoms with van der Waals surface area (Å²) >= 11 is 2.31. The molecular formula is C18H19IN6. The van der Waals surface area contributed by atoms with E-state index in [1.165, 1.54) is 3.57 Å². The number of imidazole rings is 1. The van der Waals surface area contributed by atoms with Gasteiger partial charge in [0.05, 0.1) is 0 Å². The number of rotatable bonds is 4. The molecule has 2 aromatic heterocycles. The maximum Gasteiger partial charge on any atom is 0.225 e. The summed E-state index contributed by atoms with van der Waals surface area (Å²) in [4.78, 5) is 21.3. The van der Waals surface area contributed by atoms with Crippen LogP contribution in [0, 0.1) is 3.57 Å². The Kier molecular flexibility index (Phi) is 4.93. The van der Waals surface area contributed by atoms with E-state index in [1.807, 2.05) is 12.3 Å². The number of nitrogens with zero attached hydrogens (tertiary/aromatic N) is 5. The van der Waals surface area contributed by atoms with Crippen molar-refractivity contribution in [2.75, 3.05) is 31.1 Å². The van der Waals surface area contributed by atoms with Gasteiger partial charge >= 0.3 is 0 Å². The van der Waals surface area contributed by atoms with Gasteiger partial charge in [0.2, 0.25) is 5.95 Å². The zero-order chi connectivity index (χ0) is 17.1. The second-order valence-electron chi connectivity index (χ2n) is 6.08. The lowest BCUT2D eigenvalue weighted by molar-refractivity contribution is 0.246. The molecule has 25 heavy (non-hydrogen) atoms. The highest BCUT2D eigenvalue weighted by Crippen LogP contribution is 2.18. The van der Waals surface area contributed by atoms with Crippen molar-refractivity contribution in [1.29, 1.82) is 0 Å². The van der Waals surface area contributed by atoms with Crippen LogP contribution >= 0.6 is 22.6 Å². The van der Waals surface area contributed by atoms with Crippen LogP contribution in [-0.2, 0) is 6.54 Å². The van der Waals surface area contributed by atoms with Crippen molar-refractivity contribution in [2.45, 2.75) is 6.54 Å². The minimum atomic E-state index is 0.824. The molecule has 1 aliphatic rings. The summed E-state index contributed by atoms with van der Waals surface area (Å²) in [6.07, 6.45) is 5.54. The number of nitrogens with one attached hydrogen (secondary N) is 1. The topological polar surface area (TPSA) is 60.9 Å². The Morgan fingerprint density at radius 1 is 0.960 bits per heavy atom. The predicted molar refractivity (Wildman–Crippen MR) is 106 cm³/mol. The summed E-state index contributed by atoms with van der Waals surface area (Å²) in [6, 6.07) is 10.3. The van der Waals surface area contributed by atoms with Crippen molar-refractivity contribution in [2.24, 2.45) is 0 Å². The van der Waals surface area contributed by atoms with Gasteiger partial charge in [0.15, 0.2) is 0 Å². The van der Waals surface area contributed by atoms with Gasteiger partial charge in [0.1, 0.15) is 5.82 Å². The average Bonchev–Trinajstić information content (AvgIpc) is 3.12. The van der Waals surface area contributed by atoms with Gasteiger partial charge < -0.3 is 9.88 Å². The smallest absolute Gasteiger partial charge is 0.225 e. The van der Waals surface area contributed by atoms with Gasteiger partial charge in [-0.2, -0.15) is 0 Å². The van der Waals surface area contributed by atoms with Crippen LogP contribution in [0.4, 0.5) is 5.95 Å². The minimum absolute atomic E-state index is 0.824. The van der Waals surface area contributed by atoms with E-state index in [0.29, 0.717) is 0 Å². The number of halogens is 1. The summed E-state index contributed by atoms with van der Waals surface area (Å²) in [7, 11) is 0. The first-order chi connectivity index (χ1) is 12.3. The number of piperazine rings is 1. The Labute approximate surface area is 160 Å². The molecule has 3 aromatic rings. The van der Waals surface area contributed by atoms with Gasteiger partial charge in [-0.1, -0.05) is 12.1 Å². The third-order valence-corrected chi connectivity index (χ3v) is 5.07. The van der Waals surface area contributed by atoms with Gasteiger partial charge in [0.25, 0.3) is 0 Å². The maximum atomic E-state index is 4.53. The van der Waals surface area contributed by atoms with Crippen LogP contribution in [0.25, 0.3) is 11.4 Å². The third-order valence-electron chi connectivity index (χ3n) is 4.35. The highest BCUT2D eigenvalue weighted by Gasteiger charge is 2.19. The van der Waals surface area contributed by atoms with Gasteiger partial charge in [0, 0.05) is 66.1 Å². The first-order valence-electron chi connectivity index (χ1n) is 8.32. The normalized spacial score (nSPS) is 15.5. The van der Waals surface area contributed by atoms with E-state index in [2.05, 4.69) is 76.6 Å². The molecule has 128 valence electrons. The van der Waals surface area contributed by atoms with Crippen molar-refractivity contribution in [3.05, 3.63) is 58.2 Å². The molecule has 1 saturated heterocycles. The molecule has 7 heteroatoms. The highest BCUT2D eigenvalue weighted by molar-refractivity contribution is 14.1. The van der Waals surface area contributed by atoms with Crippen molar-refractivity contribution >= 4 is 28.5 Å². The van der Waals surface area contributed by atoms with Gasteiger partial charge in [-0.25, -0.2) is 15.0 Å². The summed E-state index contributed by atoms with van der Waals surface area (Å²) in [5.74, 6) is 1.76. The van der Waals surface area contributed by atoms with E-state index in [4.69, 9.17) is 0 Å². The van der Waals surface area contributed by atoms with E-state index >= 15 is 0 Å². The Balaban J connectivity index is 1.35. The molecule has 1 N–H and O–H groups in total. The maximum absolute atomic E-state index is 4.53. The monoisotopic (exact) mass is 446 g/mol. The summed E-state index contributed by atoms with van der Waals surface area (Å²) in [5.41, 5.74) is 2.27. The van der Waals surface area contributed by atoms with E-state index in [1.54, 1.807) is 12.4 Å². The number of aromatic nitrogens is 4. The quantitative estimate of drug-likeness (QED) is 0.625. The molecule has 0 aliphatic carbocycles.